The lowest BCUT2D eigenvalue weighted by molar-refractivity contribution is 0.532. The van der Waals surface area contributed by atoms with E-state index in [9.17, 15) is 0 Å². The van der Waals surface area contributed by atoms with E-state index in [2.05, 4.69) is 15.9 Å². The Morgan fingerprint density at radius 1 is 1.38 bits per heavy atom. The zero-order valence-electron chi connectivity index (χ0n) is 9.49. The SMILES string of the molecule is Cc1nn2ccn(C3CCCC3)c2c1CCl. The van der Waals surface area contributed by atoms with E-state index in [4.69, 9.17) is 11.6 Å². The molecule has 16 heavy (non-hydrogen) atoms. The molecule has 1 aliphatic rings. The van der Waals surface area contributed by atoms with E-state index in [0.717, 1.165) is 5.69 Å². The summed E-state index contributed by atoms with van der Waals surface area (Å²) in [6, 6.07) is 0.649. The van der Waals surface area contributed by atoms with Crippen LogP contribution in [0.3, 0.4) is 0 Å². The third kappa shape index (κ3) is 1.38. The van der Waals surface area contributed by atoms with Gasteiger partial charge in [0.2, 0.25) is 0 Å². The van der Waals surface area contributed by atoms with Gasteiger partial charge in [-0.15, -0.1) is 11.6 Å². The Bertz CT molecular complexity index is 506. The number of hydrogen-bond acceptors (Lipinski definition) is 1. The highest BCUT2D eigenvalue weighted by atomic mass is 35.5. The van der Waals surface area contributed by atoms with Crippen LogP contribution in [-0.4, -0.2) is 14.2 Å². The monoisotopic (exact) mass is 237 g/mol. The maximum atomic E-state index is 6.02. The number of fused-ring (bicyclic) bond motifs is 1. The molecule has 0 radical (unpaired) electrons. The highest BCUT2D eigenvalue weighted by Gasteiger charge is 2.21. The normalized spacial score (nSPS) is 17.6. The molecule has 3 rings (SSSR count). The standard InChI is InChI=1S/C12H16ClN3/c1-9-11(8-13)12-15(6-7-16(12)14-9)10-4-2-3-5-10/h6-7,10H,2-5,8H2,1H3. The summed E-state index contributed by atoms with van der Waals surface area (Å²) in [5, 5.41) is 4.49. The Morgan fingerprint density at radius 3 is 2.81 bits per heavy atom. The second-order valence-electron chi connectivity index (χ2n) is 4.61. The molecule has 0 aromatic carbocycles. The quantitative estimate of drug-likeness (QED) is 0.735. The first-order chi connectivity index (χ1) is 7.81. The number of imidazole rings is 1. The molecule has 0 unspecified atom stereocenters. The third-order valence-electron chi connectivity index (χ3n) is 3.65. The molecule has 0 aliphatic heterocycles. The van der Waals surface area contributed by atoms with Crippen molar-refractivity contribution in [3.05, 3.63) is 23.7 Å². The number of hydrogen-bond donors (Lipinski definition) is 0. The highest BCUT2D eigenvalue weighted by molar-refractivity contribution is 6.17. The van der Waals surface area contributed by atoms with Crippen LogP contribution in [-0.2, 0) is 5.88 Å². The number of aromatic nitrogens is 3. The molecule has 0 amide bonds. The summed E-state index contributed by atoms with van der Waals surface area (Å²) in [6.45, 7) is 2.03. The van der Waals surface area contributed by atoms with Crippen molar-refractivity contribution in [2.45, 2.75) is 44.5 Å². The van der Waals surface area contributed by atoms with Crippen molar-refractivity contribution in [2.75, 3.05) is 0 Å². The van der Waals surface area contributed by atoms with E-state index >= 15 is 0 Å². The molecular formula is C12H16ClN3. The average Bonchev–Trinajstić information content (AvgIpc) is 2.91. The van der Waals surface area contributed by atoms with Gasteiger partial charge in [0.15, 0.2) is 0 Å². The highest BCUT2D eigenvalue weighted by Crippen LogP contribution is 2.32. The summed E-state index contributed by atoms with van der Waals surface area (Å²) < 4.78 is 4.33. The first-order valence-electron chi connectivity index (χ1n) is 5.92. The van der Waals surface area contributed by atoms with E-state index in [1.807, 2.05) is 17.6 Å². The third-order valence-corrected chi connectivity index (χ3v) is 3.91. The Hall–Kier alpha value is -0.960. The molecular weight excluding hydrogens is 222 g/mol. The molecule has 2 aromatic heterocycles. The summed E-state index contributed by atoms with van der Waals surface area (Å²) >= 11 is 6.02. The summed E-state index contributed by atoms with van der Waals surface area (Å²) in [6.07, 6.45) is 9.45. The van der Waals surface area contributed by atoms with Crippen molar-refractivity contribution >= 4 is 17.2 Å². The first-order valence-corrected chi connectivity index (χ1v) is 6.45. The molecule has 86 valence electrons. The van der Waals surface area contributed by atoms with Crippen molar-refractivity contribution < 1.29 is 0 Å². The fourth-order valence-electron chi connectivity index (χ4n) is 2.79. The van der Waals surface area contributed by atoms with Crippen molar-refractivity contribution in [3.63, 3.8) is 0 Å². The van der Waals surface area contributed by atoms with E-state index in [-0.39, 0.29) is 0 Å². The second kappa shape index (κ2) is 3.81. The Kier molecular flexibility index (Phi) is 2.43. The molecule has 0 spiro atoms. The van der Waals surface area contributed by atoms with Crippen LogP contribution < -0.4 is 0 Å². The van der Waals surface area contributed by atoms with Gasteiger partial charge >= 0.3 is 0 Å². The van der Waals surface area contributed by atoms with Crippen molar-refractivity contribution in [1.82, 2.24) is 14.2 Å². The predicted octanol–water partition coefficient (Wildman–Crippen LogP) is 3.30. The van der Waals surface area contributed by atoms with Gasteiger partial charge in [-0.25, -0.2) is 4.52 Å². The predicted molar refractivity (Wildman–Crippen MR) is 65.0 cm³/mol. The summed E-state index contributed by atoms with van der Waals surface area (Å²) in [7, 11) is 0. The lowest BCUT2D eigenvalue weighted by atomic mass is 10.2. The lowest BCUT2D eigenvalue weighted by Crippen LogP contribution is -2.04. The molecule has 0 saturated heterocycles. The zero-order chi connectivity index (χ0) is 11.1. The maximum Gasteiger partial charge on any atom is 0.140 e. The molecule has 1 fully saturated rings. The molecule has 1 saturated carbocycles. The van der Waals surface area contributed by atoms with Gasteiger partial charge < -0.3 is 4.57 Å². The Morgan fingerprint density at radius 2 is 2.12 bits per heavy atom. The number of halogens is 1. The minimum Gasteiger partial charge on any atom is -0.328 e. The Labute approximate surface area is 100 Å². The summed E-state index contributed by atoms with van der Waals surface area (Å²) in [5.74, 6) is 0.548. The van der Waals surface area contributed by atoms with E-state index in [1.54, 1.807) is 0 Å². The summed E-state index contributed by atoms with van der Waals surface area (Å²) in [5.41, 5.74) is 3.43. The van der Waals surface area contributed by atoms with Crippen molar-refractivity contribution in [3.8, 4) is 0 Å². The summed E-state index contributed by atoms with van der Waals surface area (Å²) in [4.78, 5) is 0. The fourth-order valence-corrected chi connectivity index (χ4v) is 3.10. The minimum atomic E-state index is 0.548. The van der Waals surface area contributed by atoms with E-state index in [0.29, 0.717) is 11.9 Å². The molecule has 0 bridgehead atoms. The fraction of sp³-hybridized carbons (Fsp3) is 0.583. The van der Waals surface area contributed by atoms with Gasteiger partial charge in [-0.05, 0) is 19.8 Å². The van der Waals surface area contributed by atoms with Gasteiger partial charge in [0.25, 0.3) is 0 Å². The number of rotatable bonds is 2. The molecule has 2 aromatic rings. The largest absolute Gasteiger partial charge is 0.328 e. The number of nitrogens with zero attached hydrogens (tertiary/aromatic N) is 3. The van der Waals surface area contributed by atoms with Gasteiger partial charge in [0.05, 0.1) is 11.6 Å². The van der Waals surface area contributed by atoms with Crippen molar-refractivity contribution in [1.29, 1.82) is 0 Å². The van der Waals surface area contributed by atoms with Crippen LogP contribution in [0.4, 0.5) is 0 Å². The molecule has 1 aliphatic carbocycles. The van der Waals surface area contributed by atoms with Gasteiger partial charge in [-0.1, -0.05) is 12.8 Å². The maximum absolute atomic E-state index is 6.02. The number of aryl methyl sites for hydroxylation is 1. The van der Waals surface area contributed by atoms with Crippen molar-refractivity contribution in [2.24, 2.45) is 0 Å². The van der Waals surface area contributed by atoms with Crippen LogP contribution in [0.2, 0.25) is 0 Å². The number of alkyl halides is 1. The van der Waals surface area contributed by atoms with Crippen LogP contribution in [0, 0.1) is 6.92 Å². The van der Waals surface area contributed by atoms with Crippen LogP contribution >= 0.6 is 11.6 Å². The van der Waals surface area contributed by atoms with Gasteiger partial charge in [-0.3, -0.25) is 0 Å². The van der Waals surface area contributed by atoms with Gasteiger partial charge in [-0.2, -0.15) is 5.10 Å². The topological polar surface area (TPSA) is 22.2 Å². The average molecular weight is 238 g/mol. The van der Waals surface area contributed by atoms with Crippen LogP contribution in [0.5, 0.6) is 0 Å². The van der Waals surface area contributed by atoms with Crippen LogP contribution in [0.1, 0.15) is 43.0 Å². The van der Waals surface area contributed by atoms with Gasteiger partial charge in [0, 0.05) is 24.0 Å². The minimum absolute atomic E-state index is 0.548. The zero-order valence-corrected chi connectivity index (χ0v) is 10.2. The molecule has 4 heteroatoms. The first kappa shape index (κ1) is 10.2. The van der Waals surface area contributed by atoms with Gasteiger partial charge in [0.1, 0.15) is 5.65 Å². The molecule has 0 atom stereocenters. The van der Waals surface area contributed by atoms with Crippen LogP contribution in [0.25, 0.3) is 5.65 Å². The molecule has 0 N–H and O–H groups in total. The molecule has 2 heterocycles. The second-order valence-corrected chi connectivity index (χ2v) is 4.88. The van der Waals surface area contributed by atoms with Crippen LogP contribution in [0.15, 0.2) is 12.4 Å². The van der Waals surface area contributed by atoms with E-state index in [1.165, 1.54) is 36.9 Å². The smallest absolute Gasteiger partial charge is 0.140 e. The lowest BCUT2D eigenvalue weighted by Gasteiger charge is -2.12. The Balaban J connectivity index is 2.16. The van der Waals surface area contributed by atoms with E-state index < -0.39 is 0 Å². The molecule has 3 nitrogen and oxygen atoms in total.